The van der Waals surface area contributed by atoms with E-state index >= 15 is 0 Å². The van der Waals surface area contributed by atoms with Crippen molar-refractivity contribution in [1.82, 2.24) is 4.90 Å². The number of carbonyl (C=O) groups is 1. The van der Waals surface area contributed by atoms with Gasteiger partial charge in [0.15, 0.2) is 0 Å². The van der Waals surface area contributed by atoms with E-state index in [2.05, 4.69) is 0 Å². The maximum Gasteiger partial charge on any atom is 0.255 e. The van der Waals surface area contributed by atoms with Gasteiger partial charge in [-0.15, -0.1) is 11.3 Å². The van der Waals surface area contributed by atoms with E-state index in [1.165, 1.54) is 23.3 Å². The third-order valence-electron chi connectivity index (χ3n) is 3.44. The molecule has 86 valence electrons. The van der Waals surface area contributed by atoms with E-state index in [1.54, 1.807) is 16.2 Å². The number of fused-ring (bicyclic) bond motifs is 1. The summed E-state index contributed by atoms with van der Waals surface area (Å²) in [4.78, 5) is 15.3. The minimum atomic E-state index is -0.307. The first-order valence-corrected chi connectivity index (χ1v) is 6.70. The van der Waals surface area contributed by atoms with E-state index in [0.717, 1.165) is 18.4 Å². The Bertz CT molecular complexity index is 421. The molecule has 1 aliphatic heterocycles. The third kappa shape index (κ3) is 1.57. The van der Waals surface area contributed by atoms with Gasteiger partial charge in [0.1, 0.15) is 0 Å². The Labute approximate surface area is 98.7 Å². The van der Waals surface area contributed by atoms with Gasteiger partial charge in [-0.1, -0.05) is 0 Å². The van der Waals surface area contributed by atoms with Crippen LogP contribution in [0.2, 0.25) is 0 Å². The molecule has 1 aromatic heterocycles. The number of aryl methyl sites for hydroxylation is 1. The van der Waals surface area contributed by atoms with Crippen molar-refractivity contribution < 1.29 is 9.90 Å². The summed E-state index contributed by atoms with van der Waals surface area (Å²) in [5.41, 5.74) is 2.18. The maximum absolute atomic E-state index is 12.1. The predicted octanol–water partition coefficient (Wildman–Crippen LogP) is 1.44. The standard InChI is InChI=1S/C12H15NO2S/c14-8-5-13(6-8)12(15)10-7-16-11-4-2-1-3-9(10)11/h7-8,14H,1-6H2. The van der Waals surface area contributed by atoms with Crippen LogP contribution in [-0.2, 0) is 12.8 Å². The summed E-state index contributed by atoms with van der Waals surface area (Å²) in [5, 5.41) is 11.2. The Morgan fingerprint density at radius 3 is 2.88 bits per heavy atom. The molecule has 3 nitrogen and oxygen atoms in total. The number of nitrogens with zero attached hydrogens (tertiary/aromatic N) is 1. The molecule has 16 heavy (non-hydrogen) atoms. The van der Waals surface area contributed by atoms with E-state index in [-0.39, 0.29) is 12.0 Å². The van der Waals surface area contributed by atoms with Crippen molar-refractivity contribution in [3.05, 3.63) is 21.4 Å². The molecule has 1 fully saturated rings. The Balaban J connectivity index is 1.83. The van der Waals surface area contributed by atoms with Crippen LogP contribution in [0.4, 0.5) is 0 Å². The molecule has 0 spiro atoms. The predicted molar refractivity (Wildman–Crippen MR) is 62.9 cm³/mol. The summed E-state index contributed by atoms with van der Waals surface area (Å²) in [5.74, 6) is 0.115. The largest absolute Gasteiger partial charge is 0.389 e. The SMILES string of the molecule is O=C(c1csc2c1CCCC2)N1CC(O)C1. The smallest absolute Gasteiger partial charge is 0.255 e. The van der Waals surface area contributed by atoms with Crippen LogP contribution in [0.5, 0.6) is 0 Å². The first-order valence-electron chi connectivity index (χ1n) is 5.82. The van der Waals surface area contributed by atoms with Crippen molar-refractivity contribution in [2.45, 2.75) is 31.8 Å². The van der Waals surface area contributed by atoms with E-state index in [1.807, 2.05) is 5.38 Å². The number of carbonyl (C=O) groups excluding carboxylic acids is 1. The first kappa shape index (κ1) is 10.3. The zero-order valence-corrected chi connectivity index (χ0v) is 9.92. The highest BCUT2D eigenvalue weighted by molar-refractivity contribution is 7.10. The molecule has 0 atom stereocenters. The van der Waals surface area contributed by atoms with Crippen LogP contribution in [-0.4, -0.2) is 35.1 Å². The number of amides is 1. The monoisotopic (exact) mass is 237 g/mol. The Morgan fingerprint density at radius 1 is 1.38 bits per heavy atom. The highest BCUT2D eigenvalue weighted by atomic mass is 32.1. The van der Waals surface area contributed by atoms with Crippen LogP contribution < -0.4 is 0 Å². The Hall–Kier alpha value is -0.870. The molecule has 0 saturated carbocycles. The zero-order valence-electron chi connectivity index (χ0n) is 9.11. The van der Waals surface area contributed by atoms with E-state index in [0.29, 0.717) is 13.1 Å². The molecule has 1 aliphatic carbocycles. The van der Waals surface area contributed by atoms with E-state index in [9.17, 15) is 9.90 Å². The molecule has 4 heteroatoms. The van der Waals surface area contributed by atoms with E-state index in [4.69, 9.17) is 0 Å². The van der Waals surface area contributed by atoms with Gasteiger partial charge in [0, 0.05) is 23.3 Å². The molecule has 1 saturated heterocycles. The lowest BCUT2D eigenvalue weighted by Crippen LogP contribution is -2.53. The molecule has 2 heterocycles. The molecule has 0 unspecified atom stereocenters. The second-order valence-electron chi connectivity index (χ2n) is 4.62. The van der Waals surface area contributed by atoms with Crippen LogP contribution in [0.25, 0.3) is 0 Å². The number of β-amino-alcohol motifs (C(OH)–C–C–N with tert-alkyl or cyclic N) is 1. The molecule has 1 aromatic rings. The fourth-order valence-electron chi connectivity index (χ4n) is 2.46. The van der Waals surface area contributed by atoms with Gasteiger partial charge >= 0.3 is 0 Å². The number of thiophene rings is 1. The van der Waals surface area contributed by atoms with Gasteiger partial charge < -0.3 is 10.0 Å². The highest BCUT2D eigenvalue weighted by Crippen LogP contribution is 2.31. The number of aliphatic hydroxyl groups excluding tert-OH is 1. The molecule has 1 amide bonds. The second kappa shape index (κ2) is 3.86. The van der Waals surface area contributed by atoms with Crippen LogP contribution in [0.3, 0.4) is 0 Å². The van der Waals surface area contributed by atoms with Gasteiger partial charge in [0.25, 0.3) is 5.91 Å². The average molecular weight is 237 g/mol. The number of rotatable bonds is 1. The highest BCUT2D eigenvalue weighted by Gasteiger charge is 2.31. The second-order valence-corrected chi connectivity index (χ2v) is 5.59. The zero-order chi connectivity index (χ0) is 11.1. The fourth-order valence-corrected chi connectivity index (χ4v) is 3.58. The van der Waals surface area contributed by atoms with Crippen LogP contribution >= 0.6 is 11.3 Å². The lowest BCUT2D eigenvalue weighted by Gasteiger charge is -2.36. The Kier molecular flexibility index (Phi) is 2.48. The molecule has 1 N–H and O–H groups in total. The first-order chi connectivity index (χ1) is 7.75. The van der Waals surface area contributed by atoms with Gasteiger partial charge in [-0.2, -0.15) is 0 Å². The Morgan fingerprint density at radius 2 is 2.12 bits per heavy atom. The van der Waals surface area contributed by atoms with Crippen molar-refractivity contribution in [2.24, 2.45) is 0 Å². The van der Waals surface area contributed by atoms with Crippen LogP contribution in [0, 0.1) is 0 Å². The van der Waals surface area contributed by atoms with Crippen LogP contribution in [0.1, 0.15) is 33.6 Å². The van der Waals surface area contributed by atoms with Crippen molar-refractivity contribution in [1.29, 1.82) is 0 Å². The summed E-state index contributed by atoms with van der Waals surface area (Å²) < 4.78 is 0. The summed E-state index contributed by atoms with van der Waals surface area (Å²) in [7, 11) is 0. The van der Waals surface area contributed by atoms with Crippen LogP contribution in [0.15, 0.2) is 5.38 Å². The lowest BCUT2D eigenvalue weighted by molar-refractivity contribution is 0.00584. The molecular formula is C12H15NO2S. The molecular weight excluding hydrogens is 222 g/mol. The van der Waals surface area contributed by atoms with Crippen molar-refractivity contribution >= 4 is 17.2 Å². The minimum Gasteiger partial charge on any atom is -0.389 e. The molecule has 3 rings (SSSR count). The third-order valence-corrected chi connectivity index (χ3v) is 4.53. The summed E-state index contributed by atoms with van der Waals surface area (Å²) in [6, 6.07) is 0. The number of hydrogen-bond donors (Lipinski definition) is 1. The molecule has 0 bridgehead atoms. The number of likely N-dealkylation sites (tertiary alicyclic amines) is 1. The number of aliphatic hydroxyl groups is 1. The number of hydrogen-bond acceptors (Lipinski definition) is 3. The van der Waals surface area contributed by atoms with Gasteiger partial charge in [-0.25, -0.2) is 0 Å². The van der Waals surface area contributed by atoms with Gasteiger partial charge in [-0.05, 0) is 31.2 Å². The van der Waals surface area contributed by atoms with Crippen molar-refractivity contribution in [3.8, 4) is 0 Å². The van der Waals surface area contributed by atoms with Gasteiger partial charge in [0.05, 0.1) is 11.7 Å². The van der Waals surface area contributed by atoms with Gasteiger partial charge in [-0.3, -0.25) is 4.79 Å². The average Bonchev–Trinajstić information content (AvgIpc) is 2.67. The summed E-state index contributed by atoms with van der Waals surface area (Å²) >= 11 is 1.72. The minimum absolute atomic E-state index is 0.115. The molecule has 2 aliphatic rings. The van der Waals surface area contributed by atoms with Crippen molar-refractivity contribution in [3.63, 3.8) is 0 Å². The molecule has 0 radical (unpaired) electrons. The fraction of sp³-hybridized carbons (Fsp3) is 0.583. The van der Waals surface area contributed by atoms with E-state index < -0.39 is 0 Å². The summed E-state index contributed by atoms with van der Waals surface area (Å²) in [6.45, 7) is 1.01. The normalized spacial score (nSPS) is 20.4. The topological polar surface area (TPSA) is 40.5 Å². The maximum atomic E-state index is 12.1. The quantitative estimate of drug-likeness (QED) is 0.803. The lowest BCUT2D eigenvalue weighted by atomic mass is 9.95. The molecule has 0 aromatic carbocycles. The van der Waals surface area contributed by atoms with Gasteiger partial charge in [0.2, 0.25) is 0 Å². The van der Waals surface area contributed by atoms with Crippen molar-refractivity contribution in [2.75, 3.05) is 13.1 Å². The summed E-state index contributed by atoms with van der Waals surface area (Å²) in [6.07, 6.45) is 4.33.